The minimum absolute atomic E-state index is 0.821. The van der Waals surface area contributed by atoms with Crippen molar-refractivity contribution in [3.8, 4) is 0 Å². The number of hydrogen-bond donors (Lipinski definition) is 2. The average Bonchev–Trinajstić information content (AvgIpc) is 1.88. The molecule has 0 unspecified atom stereocenters. The van der Waals surface area contributed by atoms with Crippen molar-refractivity contribution in [2.24, 2.45) is 5.73 Å². The van der Waals surface area contributed by atoms with Crippen LogP contribution in [0.3, 0.4) is 0 Å². The first-order chi connectivity index (χ1) is 4.27. The molecule has 0 aromatic heterocycles. The fourth-order valence-corrected chi connectivity index (χ4v) is 0.263. The third kappa shape index (κ3) is 18.8. The first-order valence-electron chi connectivity index (χ1n) is 3.43. The largest absolute Gasteiger partial charge is 0.401 e. The van der Waals surface area contributed by atoms with Crippen LogP contribution < -0.4 is 11.1 Å². The van der Waals surface area contributed by atoms with Gasteiger partial charge in [0.25, 0.3) is 0 Å². The van der Waals surface area contributed by atoms with E-state index in [0.717, 1.165) is 12.2 Å². The van der Waals surface area contributed by atoms with E-state index in [1.54, 1.807) is 6.20 Å². The third-order valence-corrected chi connectivity index (χ3v) is 0.534. The van der Waals surface area contributed by atoms with Crippen molar-refractivity contribution in [2.75, 3.05) is 6.54 Å². The molecule has 0 aliphatic carbocycles. The Bertz CT molecular complexity index is 63.3. The van der Waals surface area contributed by atoms with E-state index in [-0.39, 0.29) is 0 Å². The molecular formula is C7H18N2. The van der Waals surface area contributed by atoms with E-state index in [1.807, 2.05) is 27.7 Å². The number of hydrogen-bond acceptors (Lipinski definition) is 2. The molecule has 0 atom stereocenters. The van der Waals surface area contributed by atoms with Gasteiger partial charge in [-0.05, 0) is 13.8 Å². The fraction of sp³-hybridized carbons (Fsp3) is 0.714. The second-order valence-corrected chi connectivity index (χ2v) is 1.45. The second-order valence-electron chi connectivity index (χ2n) is 1.45. The molecular weight excluding hydrogens is 112 g/mol. The van der Waals surface area contributed by atoms with E-state index in [1.165, 1.54) is 0 Å². The molecule has 2 nitrogen and oxygen atoms in total. The lowest BCUT2D eigenvalue weighted by molar-refractivity contribution is 0.904. The monoisotopic (exact) mass is 130 g/mol. The lowest BCUT2D eigenvalue weighted by Crippen LogP contribution is -2.06. The zero-order chi connectivity index (χ0) is 7.70. The average molecular weight is 130 g/mol. The normalized spacial score (nSPS) is 9.56. The van der Waals surface area contributed by atoms with Gasteiger partial charge in [0.2, 0.25) is 0 Å². The predicted molar refractivity (Wildman–Crippen MR) is 43.0 cm³/mol. The maximum absolute atomic E-state index is 5.28. The fourth-order valence-electron chi connectivity index (χ4n) is 0.263. The molecule has 56 valence electrons. The van der Waals surface area contributed by atoms with Gasteiger partial charge in [0.05, 0.1) is 0 Å². The Balaban J connectivity index is 0. The predicted octanol–water partition coefficient (Wildman–Crippen LogP) is 1.44. The van der Waals surface area contributed by atoms with E-state index >= 15 is 0 Å². The maximum atomic E-state index is 5.28. The van der Waals surface area contributed by atoms with E-state index in [9.17, 15) is 0 Å². The standard InChI is InChI=1S/C5H12N2.C2H6/c1-3-7-4-5(2)6;1-2/h4,7H,3,6H2,1-2H3;1-2H3/b5-4+;. The molecule has 0 bridgehead atoms. The summed E-state index contributed by atoms with van der Waals surface area (Å²) in [6, 6.07) is 0. The van der Waals surface area contributed by atoms with Crippen molar-refractivity contribution in [1.82, 2.24) is 5.32 Å². The van der Waals surface area contributed by atoms with Gasteiger partial charge < -0.3 is 11.1 Å². The van der Waals surface area contributed by atoms with Crippen LogP contribution in [0.15, 0.2) is 11.9 Å². The van der Waals surface area contributed by atoms with Crippen molar-refractivity contribution in [2.45, 2.75) is 27.7 Å². The van der Waals surface area contributed by atoms with E-state index in [2.05, 4.69) is 5.32 Å². The number of nitrogens with two attached hydrogens (primary N) is 1. The highest BCUT2D eigenvalue weighted by Gasteiger charge is 1.69. The lowest BCUT2D eigenvalue weighted by Gasteiger charge is -1.91. The zero-order valence-corrected chi connectivity index (χ0v) is 6.86. The van der Waals surface area contributed by atoms with Crippen LogP contribution in [0.5, 0.6) is 0 Å². The highest BCUT2D eigenvalue weighted by molar-refractivity contribution is 4.88. The maximum Gasteiger partial charge on any atom is 0.0208 e. The van der Waals surface area contributed by atoms with Crippen molar-refractivity contribution in [3.05, 3.63) is 11.9 Å². The Labute approximate surface area is 58.1 Å². The summed E-state index contributed by atoms with van der Waals surface area (Å²) in [6.45, 7) is 8.82. The van der Waals surface area contributed by atoms with Crippen LogP contribution in [0.25, 0.3) is 0 Å². The van der Waals surface area contributed by atoms with E-state index < -0.39 is 0 Å². The molecule has 0 saturated carbocycles. The van der Waals surface area contributed by atoms with Crippen molar-refractivity contribution in [1.29, 1.82) is 0 Å². The summed E-state index contributed by atoms with van der Waals surface area (Å²) >= 11 is 0. The number of rotatable bonds is 2. The number of allylic oxidation sites excluding steroid dienone is 1. The SMILES string of the molecule is CC.CCN/C=C(\C)N. The van der Waals surface area contributed by atoms with Crippen molar-refractivity contribution < 1.29 is 0 Å². The summed E-state index contributed by atoms with van der Waals surface area (Å²) in [6.07, 6.45) is 1.79. The van der Waals surface area contributed by atoms with Crippen LogP contribution in [-0.4, -0.2) is 6.54 Å². The first kappa shape index (κ1) is 11.2. The highest BCUT2D eigenvalue weighted by atomic mass is 14.8. The van der Waals surface area contributed by atoms with Gasteiger partial charge >= 0.3 is 0 Å². The van der Waals surface area contributed by atoms with Crippen LogP contribution in [0, 0.1) is 0 Å². The molecule has 0 saturated heterocycles. The van der Waals surface area contributed by atoms with Gasteiger partial charge in [0, 0.05) is 18.4 Å². The molecule has 9 heavy (non-hydrogen) atoms. The molecule has 0 aromatic rings. The van der Waals surface area contributed by atoms with Crippen molar-refractivity contribution in [3.63, 3.8) is 0 Å². The minimum atomic E-state index is 0.821. The van der Waals surface area contributed by atoms with Gasteiger partial charge in [0.15, 0.2) is 0 Å². The van der Waals surface area contributed by atoms with E-state index in [0.29, 0.717) is 0 Å². The van der Waals surface area contributed by atoms with Gasteiger partial charge in [-0.2, -0.15) is 0 Å². The van der Waals surface area contributed by atoms with Crippen LogP contribution in [0.1, 0.15) is 27.7 Å². The molecule has 2 heteroatoms. The molecule has 0 fully saturated rings. The topological polar surface area (TPSA) is 38.0 Å². The summed E-state index contributed by atoms with van der Waals surface area (Å²) in [5.74, 6) is 0. The van der Waals surface area contributed by atoms with Gasteiger partial charge in [-0.15, -0.1) is 0 Å². The molecule has 0 amide bonds. The van der Waals surface area contributed by atoms with Gasteiger partial charge in [-0.3, -0.25) is 0 Å². The molecule has 0 rings (SSSR count). The molecule has 0 aliphatic rings. The van der Waals surface area contributed by atoms with Crippen LogP contribution in [0.2, 0.25) is 0 Å². The van der Waals surface area contributed by atoms with Crippen molar-refractivity contribution >= 4 is 0 Å². The van der Waals surface area contributed by atoms with Gasteiger partial charge in [-0.1, -0.05) is 13.8 Å². The Morgan fingerprint density at radius 3 is 2.11 bits per heavy atom. The first-order valence-corrected chi connectivity index (χ1v) is 3.43. The summed E-state index contributed by atoms with van der Waals surface area (Å²) in [4.78, 5) is 0. The van der Waals surface area contributed by atoms with Crippen LogP contribution in [-0.2, 0) is 0 Å². The highest BCUT2D eigenvalue weighted by Crippen LogP contribution is 1.71. The molecule has 0 aromatic carbocycles. The summed E-state index contributed by atoms with van der Waals surface area (Å²) in [5, 5.41) is 2.96. The zero-order valence-electron chi connectivity index (χ0n) is 6.86. The minimum Gasteiger partial charge on any atom is -0.401 e. The summed E-state index contributed by atoms with van der Waals surface area (Å²) in [7, 11) is 0. The smallest absolute Gasteiger partial charge is 0.0208 e. The quantitative estimate of drug-likeness (QED) is 0.593. The lowest BCUT2D eigenvalue weighted by atomic mass is 10.5. The Morgan fingerprint density at radius 1 is 1.56 bits per heavy atom. The molecule has 0 radical (unpaired) electrons. The second kappa shape index (κ2) is 10.3. The molecule has 0 aliphatic heterocycles. The molecule has 3 N–H and O–H groups in total. The third-order valence-electron chi connectivity index (χ3n) is 0.534. The summed E-state index contributed by atoms with van der Waals surface area (Å²) in [5.41, 5.74) is 6.10. The Morgan fingerprint density at radius 2 is 2.00 bits per heavy atom. The van der Waals surface area contributed by atoms with Crippen LogP contribution >= 0.6 is 0 Å². The number of nitrogens with one attached hydrogen (secondary N) is 1. The Kier molecular flexibility index (Phi) is 12.9. The van der Waals surface area contributed by atoms with Gasteiger partial charge in [-0.25, -0.2) is 0 Å². The summed E-state index contributed by atoms with van der Waals surface area (Å²) < 4.78 is 0. The molecule has 0 heterocycles. The van der Waals surface area contributed by atoms with E-state index in [4.69, 9.17) is 5.73 Å². The van der Waals surface area contributed by atoms with Crippen LogP contribution in [0.4, 0.5) is 0 Å². The Hall–Kier alpha value is -0.660. The molecule has 0 spiro atoms. The van der Waals surface area contributed by atoms with Gasteiger partial charge in [0.1, 0.15) is 0 Å².